The highest BCUT2D eigenvalue weighted by Crippen LogP contribution is 2.30. The number of nitro groups is 1. The molecule has 176 valence electrons. The maximum atomic E-state index is 12.3. The number of carbonyl (C=O) groups excluding carboxylic acids is 2. The average molecular weight is 474 g/mol. The number of nitro benzene ring substituents is 1. The highest BCUT2D eigenvalue weighted by molar-refractivity contribution is 6.11. The lowest BCUT2D eigenvalue weighted by Crippen LogP contribution is -2.06. The van der Waals surface area contributed by atoms with Crippen molar-refractivity contribution in [2.75, 3.05) is 6.61 Å². The zero-order valence-corrected chi connectivity index (χ0v) is 18.4. The van der Waals surface area contributed by atoms with Crippen molar-refractivity contribution in [2.45, 2.75) is 6.92 Å². The van der Waals surface area contributed by atoms with Crippen molar-refractivity contribution in [1.29, 1.82) is 0 Å². The Morgan fingerprint density at radius 3 is 2.57 bits per heavy atom. The number of cyclic esters (lactones) is 1. The van der Waals surface area contributed by atoms with Crippen LogP contribution in [0.15, 0.2) is 82.0 Å². The fourth-order valence-electron chi connectivity index (χ4n) is 3.05. The van der Waals surface area contributed by atoms with Crippen LogP contribution in [0.5, 0.6) is 11.5 Å². The molecule has 1 aliphatic rings. The molecule has 0 saturated carbocycles. The van der Waals surface area contributed by atoms with E-state index in [-0.39, 0.29) is 23.0 Å². The number of hydrogen-bond donors (Lipinski definition) is 0. The van der Waals surface area contributed by atoms with Crippen molar-refractivity contribution >= 4 is 35.7 Å². The summed E-state index contributed by atoms with van der Waals surface area (Å²) in [5, 5.41) is 10.7. The predicted molar refractivity (Wildman–Crippen MR) is 125 cm³/mol. The molecular formula is C25H18N2O8. The third kappa shape index (κ3) is 5.69. The van der Waals surface area contributed by atoms with E-state index in [0.29, 0.717) is 29.2 Å². The summed E-state index contributed by atoms with van der Waals surface area (Å²) in [5.41, 5.74) is 1.20. The van der Waals surface area contributed by atoms with Gasteiger partial charge in [0.15, 0.2) is 23.0 Å². The molecule has 2 aromatic carbocycles. The molecular weight excluding hydrogens is 456 g/mol. The Morgan fingerprint density at radius 1 is 1.11 bits per heavy atom. The van der Waals surface area contributed by atoms with E-state index in [0.717, 1.165) is 0 Å². The highest BCUT2D eigenvalue weighted by atomic mass is 16.6. The van der Waals surface area contributed by atoms with E-state index in [1.54, 1.807) is 31.2 Å². The monoisotopic (exact) mass is 474 g/mol. The van der Waals surface area contributed by atoms with Gasteiger partial charge in [-0.05, 0) is 66.6 Å². The van der Waals surface area contributed by atoms with Crippen LogP contribution in [0.2, 0.25) is 0 Å². The second-order valence-electron chi connectivity index (χ2n) is 7.06. The number of nitrogens with zero attached hydrogens (tertiary/aromatic N) is 2. The van der Waals surface area contributed by atoms with E-state index in [9.17, 15) is 19.7 Å². The van der Waals surface area contributed by atoms with Gasteiger partial charge in [0.25, 0.3) is 11.6 Å². The second-order valence-corrected chi connectivity index (χ2v) is 7.06. The molecule has 10 heteroatoms. The molecule has 0 atom stereocenters. The first-order valence-electron chi connectivity index (χ1n) is 10.4. The number of carbonyl (C=O) groups is 2. The van der Waals surface area contributed by atoms with Crippen LogP contribution in [0.25, 0.3) is 12.2 Å². The van der Waals surface area contributed by atoms with Crippen LogP contribution in [0.3, 0.4) is 0 Å². The summed E-state index contributed by atoms with van der Waals surface area (Å²) >= 11 is 0. The van der Waals surface area contributed by atoms with Crippen LogP contribution >= 0.6 is 0 Å². The van der Waals surface area contributed by atoms with Gasteiger partial charge < -0.3 is 18.6 Å². The first-order chi connectivity index (χ1) is 16.9. The van der Waals surface area contributed by atoms with Crippen molar-refractivity contribution in [3.05, 3.63) is 99.6 Å². The largest absolute Gasteiger partial charge is 0.490 e. The summed E-state index contributed by atoms with van der Waals surface area (Å²) in [6.45, 7) is 2.09. The van der Waals surface area contributed by atoms with Crippen LogP contribution < -0.4 is 9.47 Å². The summed E-state index contributed by atoms with van der Waals surface area (Å²) in [5.74, 6) is -0.409. The quantitative estimate of drug-likeness (QED) is 0.153. The maximum absolute atomic E-state index is 12.3. The molecule has 0 radical (unpaired) electrons. The highest BCUT2D eigenvalue weighted by Gasteiger charge is 2.26. The third-order valence-electron chi connectivity index (χ3n) is 4.65. The molecule has 1 aliphatic heterocycles. The summed E-state index contributed by atoms with van der Waals surface area (Å²) < 4.78 is 21.3. The van der Waals surface area contributed by atoms with Gasteiger partial charge >= 0.3 is 11.9 Å². The zero-order chi connectivity index (χ0) is 24.8. The first-order valence-corrected chi connectivity index (χ1v) is 10.4. The Labute approximate surface area is 198 Å². The molecule has 35 heavy (non-hydrogen) atoms. The molecule has 4 rings (SSSR count). The second kappa shape index (κ2) is 10.3. The van der Waals surface area contributed by atoms with Crippen molar-refractivity contribution in [3.8, 4) is 11.5 Å². The fraction of sp³-hybridized carbons (Fsp3) is 0.0800. The molecule has 0 bridgehead atoms. The smallest absolute Gasteiger partial charge is 0.363 e. The number of ether oxygens (including phenoxy) is 3. The predicted octanol–water partition coefficient (Wildman–Crippen LogP) is 4.55. The van der Waals surface area contributed by atoms with Crippen molar-refractivity contribution < 1.29 is 33.1 Å². The minimum absolute atomic E-state index is 0.0464. The number of furan rings is 1. The van der Waals surface area contributed by atoms with Crippen LogP contribution in [-0.4, -0.2) is 29.4 Å². The normalized spacial score (nSPS) is 14.1. The van der Waals surface area contributed by atoms with E-state index in [4.69, 9.17) is 18.6 Å². The summed E-state index contributed by atoms with van der Waals surface area (Å²) in [7, 11) is 0. The van der Waals surface area contributed by atoms with E-state index >= 15 is 0 Å². The summed E-state index contributed by atoms with van der Waals surface area (Å²) in [6, 6.07) is 13.8. The van der Waals surface area contributed by atoms with Crippen molar-refractivity contribution in [3.63, 3.8) is 0 Å². The van der Waals surface area contributed by atoms with Gasteiger partial charge in [-0.2, -0.15) is 0 Å². The molecule has 3 aromatic rings. The molecule has 0 aliphatic carbocycles. The number of aliphatic imine (C=N–C) groups is 1. The molecule has 1 aromatic heterocycles. The van der Waals surface area contributed by atoms with E-state index in [1.807, 2.05) is 0 Å². The standard InChI is InChI=1S/C25H18N2O8/c1-2-32-22-15-17(14-19-25(29)35-24(26-19)21-4-3-13-33-21)7-11-20(22)34-23(28)12-8-16-5-9-18(10-6-16)27(30)31/h3-15H,2H2,1H3/b12-8+,19-14+. The SMILES string of the molecule is CCOc1cc(/C=C2/N=C(c3ccco3)OC2=O)ccc1OC(=O)/C=C/c1ccc([N+](=O)[O-])cc1. The van der Waals surface area contributed by atoms with Gasteiger partial charge in [0.2, 0.25) is 0 Å². The van der Waals surface area contributed by atoms with Crippen molar-refractivity contribution in [2.24, 2.45) is 4.99 Å². The number of hydrogen-bond acceptors (Lipinski definition) is 9. The minimum atomic E-state index is -0.664. The lowest BCUT2D eigenvalue weighted by molar-refractivity contribution is -0.384. The molecule has 0 N–H and O–H groups in total. The third-order valence-corrected chi connectivity index (χ3v) is 4.65. The number of non-ortho nitro benzene ring substituents is 1. The van der Waals surface area contributed by atoms with Gasteiger partial charge in [0, 0.05) is 18.2 Å². The molecule has 0 amide bonds. The van der Waals surface area contributed by atoms with Gasteiger partial charge in [-0.1, -0.05) is 6.07 Å². The molecule has 10 nitrogen and oxygen atoms in total. The lowest BCUT2D eigenvalue weighted by atomic mass is 10.1. The Hall–Kier alpha value is -4.99. The van der Waals surface area contributed by atoms with Gasteiger partial charge in [0.05, 0.1) is 17.8 Å². The average Bonchev–Trinajstić information content (AvgIpc) is 3.50. The fourth-order valence-corrected chi connectivity index (χ4v) is 3.05. The Bertz CT molecular complexity index is 1350. The maximum Gasteiger partial charge on any atom is 0.363 e. The number of esters is 2. The number of rotatable bonds is 8. The zero-order valence-electron chi connectivity index (χ0n) is 18.4. The van der Waals surface area contributed by atoms with Crippen LogP contribution in [0, 0.1) is 10.1 Å². The summed E-state index contributed by atoms with van der Waals surface area (Å²) in [6.07, 6.45) is 5.64. The molecule has 0 fully saturated rings. The van der Waals surface area contributed by atoms with Gasteiger partial charge in [-0.15, -0.1) is 0 Å². The Morgan fingerprint density at radius 2 is 1.89 bits per heavy atom. The first kappa shape index (κ1) is 23.2. The lowest BCUT2D eigenvalue weighted by Gasteiger charge is -2.10. The minimum Gasteiger partial charge on any atom is -0.490 e. The molecule has 0 saturated heterocycles. The van der Waals surface area contributed by atoms with E-state index in [1.165, 1.54) is 54.8 Å². The van der Waals surface area contributed by atoms with Gasteiger partial charge in [0.1, 0.15) is 0 Å². The Kier molecular flexibility index (Phi) is 6.82. The van der Waals surface area contributed by atoms with Crippen LogP contribution in [-0.2, 0) is 14.3 Å². The van der Waals surface area contributed by atoms with E-state index in [2.05, 4.69) is 4.99 Å². The van der Waals surface area contributed by atoms with E-state index < -0.39 is 16.9 Å². The van der Waals surface area contributed by atoms with Crippen molar-refractivity contribution in [1.82, 2.24) is 0 Å². The topological polar surface area (TPSA) is 130 Å². The molecule has 0 spiro atoms. The Balaban J connectivity index is 1.49. The van der Waals surface area contributed by atoms with Crippen LogP contribution in [0.1, 0.15) is 23.8 Å². The van der Waals surface area contributed by atoms with Crippen LogP contribution in [0.4, 0.5) is 5.69 Å². The number of benzene rings is 2. The van der Waals surface area contributed by atoms with Gasteiger partial charge in [-0.25, -0.2) is 14.6 Å². The summed E-state index contributed by atoms with van der Waals surface area (Å²) in [4.78, 5) is 38.8. The molecule has 0 unspecified atom stereocenters. The van der Waals surface area contributed by atoms with Gasteiger partial charge in [-0.3, -0.25) is 10.1 Å². The molecule has 2 heterocycles.